The third-order valence-corrected chi connectivity index (χ3v) is 7.68. The van der Waals surface area contributed by atoms with Gasteiger partial charge in [-0.25, -0.2) is 4.79 Å². The molecular formula is C32H55N3O4S. The normalized spacial score (nSPS) is 13.9. The Morgan fingerprint density at radius 2 is 1.70 bits per heavy atom. The molecule has 3 amide bonds. The number of carbonyl (C=O) groups is 3. The summed E-state index contributed by atoms with van der Waals surface area (Å²) in [5.74, 6) is 0.687. The Morgan fingerprint density at radius 3 is 2.27 bits per heavy atom. The van der Waals surface area contributed by atoms with Crippen molar-refractivity contribution in [2.24, 2.45) is 5.92 Å². The Labute approximate surface area is 248 Å². The summed E-state index contributed by atoms with van der Waals surface area (Å²) in [6, 6.07) is 4.07. The van der Waals surface area contributed by atoms with Crippen molar-refractivity contribution in [2.75, 3.05) is 18.6 Å². The maximum Gasteiger partial charge on any atom is 0.408 e. The SMILES string of the molecule is CCCCCNC(=O)C(c1cccc(C)c1C)N(C(=O)C(CCSC)NC(=O)OC(C)(C)C)C(C)CCC(C)C. The molecule has 0 aliphatic rings. The molecule has 0 fully saturated rings. The molecule has 0 aromatic heterocycles. The first-order valence-electron chi connectivity index (χ1n) is 14.9. The second kappa shape index (κ2) is 17.6. The fourth-order valence-corrected chi connectivity index (χ4v) is 5.08. The van der Waals surface area contributed by atoms with Crippen molar-refractivity contribution in [1.29, 1.82) is 0 Å². The molecule has 1 rings (SSSR count). The summed E-state index contributed by atoms with van der Waals surface area (Å²) >= 11 is 1.61. The Balaban J connectivity index is 3.63. The molecule has 0 aliphatic heterocycles. The van der Waals surface area contributed by atoms with E-state index in [0.29, 0.717) is 24.6 Å². The van der Waals surface area contributed by atoms with Crippen LogP contribution in [0.4, 0.5) is 4.79 Å². The largest absolute Gasteiger partial charge is 0.444 e. The second-order valence-corrected chi connectivity index (χ2v) is 13.2. The van der Waals surface area contributed by atoms with Gasteiger partial charge in [-0.3, -0.25) is 9.59 Å². The monoisotopic (exact) mass is 577 g/mol. The van der Waals surface area contributed by atoms with Gasteiger partial charge in [0, 0.05) is 12.6 Å². The Hall–Kier alpha value is -2.22. The van der Waals surface area contributed by atoms with Gasteiger partial charge in [0.2, 0.25) is 11.8 Å². The van der Waals surface area contributed by atoms with Gasteiger partial charge in [0.25, 0.3) is 0 Å². The molecule has 0 spiro atoms. The quantitative estimate of drug-likeness (QED) is 0.208. The van der Waals surface area contributed by atoms with Crippen molar-refractivity contribution in [3.8, 4) is 0 Å². The third kappa shape index (κ3) is 12.1. The number of alkyl carbamates (subject to hydrolysis) is 1. The van der Waals surface area contributed by atoms with Crippen LogP contribution in [0.5, 0.6) is 0 Å². The lowest BCUT2D eigenvalue weighted by Gasteiger charge is -2.39. The van der Waals surface area contributed by atoms with Crippen LogP contribution in [0.2, 0.25) is 0 Å². The van der Waals surface area contributed by atoms with Gasteiger partial charge >= 0.3 is 6.09 Å². The highest BCUT2D eigenvalue weighted by Crippen LogP contribution is 2.31. The fraction of sp³-hybridized carbons (Fsp3) is 0.719. The maximum atomic E-state index is 14.5. The average molecular weight is 578 g/mol. The van der Waals surface area contributed by atoms with E-state index in [-0.39, 0.29) is 17.9 Å². The summed E-state index contributed by atoms with van der Waals surface area (Å²) in [7, 11) is 0. The minimum atomic E-state index is -0.815. The lowest BCUT2D eigenvalue weighted by molar-refractivity contribution is -0.145. The van der Waals surface area contributed by atoms with Crippen LogP contribution in [-0.4, -0.2) is 59.0 Å². The van der Waals surface area contributed by atoms with E-state index in [1.807, 2.05) is 45.2 Å². The number of nitrogens with zero attached hydrogens (tertiary/aromatic N) is 1. The van der Waals surface area contributed by atoms with E-state index in [1.165, 1.54) is 0 Å². The fourth-order valence-electron chi connectivity index (χ4n) is 4.61. The van der Waals surface area contributed by atoms with Crippen molar-refractivity contribution in [3.05, 3.63) is 34.9 Å². The maximum absolute atomic E-state index is 14.5. The van der Waals surface area contributed by atoms with Gasteiger partial charge in [-0.15, -0.1) is 0 Å². The van der Waals surface area contributed by atoms with Crippen LogP contribution in [0.3, 0.4) is 0 Å². The molecule has 2 N–H and O–H groups in total. The zero-order chi connectivity index (χ0) is 30.5. The van der Waals surface area contributed by atoms with E-state index in [0.717, 1.165) is 48.8 Å². The third-order valence-electron chi connectivity index (χ3n) is 7.04. The number of unbranched alkanes of at least 4 members (excludes halogenated alkanes) is 2. The summed E-state index contributed by atoms with van der Waals surface area (Å²) in [6.07, 6.45) is 6.40. The van der Waals surface area contributed by atoms with E-state index in [4.69, 9.17) is 4.74 Å². The number of hydrogen-bond acceptors (Lipinski definition) is 5. The highest BCUT2D eigenvalue weighted by molar-refractivity contribution is 7.98. The minimum Gasteiger partial charge on any atom is -0.444 e. The minimum absolute atomic E-state index is 0.185. The average Bonchev–Trinajstić information content (AvgIpc) is 2.86. The molecule has 0 saturated heterocycles. The van der Waals surface area contributed by atoms with Crippen LogP contribution >= 0.6 is 11.8 Å². The summed E-state index contributed by atoms with van der Waals surface area (Å²) in [5, 5.41) is 5.96. The van der Waals surface area contributed by atoms with Crippen LogP contribution in [-0.2, 0) is 14.3 Å². The number of ether oxygens (including phenoxy) is 1. The molecule has 0 bridgehead atoms. The molecule has 0 aliphatic carbocycles. The number of nitrogens with one attached hydrogen (secondary N) is 2. The number of rotatable bonds is 16. The van der Waals surface area contributed by atoms with E-state index in [1.54, 1.807) is 37.4 Å². The highest BCUT2D eigenvalue weighted by Gasteiger charge is 2.39. The zero-order valence-corrected chi connectivity index (χ0v) is 27.5. The molecule has 0 saturated carbocycles. The summed E-state index contributed by atoms with van der Waals surface area (Å²) in [4.78, 5) is 43.0. The van der Waals surface area contributed by atoms with Crippen LogP contribution in [0, 0.1) is 19.8 Å². The van der Waals surface area contributed by atoms with Crippen LogP contribution < -0.4 is 10.6 Å². The van der Waals surface area contributed by atoms with E-state index >= 15 is 0 Å². The first kappa shape index (κ1) is 35.8. The van der Waals surface area contributed by atoms with Gasteiger partial charge in [-0.1, -0.05) is 51.8 Å². The topological polar surface area (TPSA) is 87.7 Å². The van der Waals surface area contributed by atoms with Crippen molar-refractivity contribution in [3.63, 3.8) is 0 Å². The Morgan fingerprint density at radius 1 is 1.02 bits per heavy atom. The number of hydrogen-bond donors (Lipinski definition) is 2. The summed E-state index contributed by atoms with van der Waals surface area (Å²) in [6.45, 7) is 18.4. The van der Waals surface area contributed by atoms with Crippen molar-refractivity contribution in [2.45, 2.75) is 125 Å². The van der Waals surface area contributed by atoms with Gasteiger partial charge in [-0.2, -0.15) is 11.8 Å². The predicted octanol–water partition coefficient (Wildman–Crippen LogP) is 6.95. The molecule has 1 aromatic carbocycles. The smallest absolute Gasteiger partial charge is 0.408 e. The lowest BCUT2D eigenvalue weighted by Crippen LogP contribution is -2.56. The Kier molecular flexibility index (Phi) is 15.7. The van der Waals surface area contributed by atoms with Gasteiger partial charge < -0.3 is 20.3 Å². The van der Waals surface area contributed by atoms with Crippen LogP contribution in [0.1, 0.15) is 110 Å². The first-order chi connectivity index (χ1) is 18.7. The number of aryl methyl sites for hydroxylation is 1. The van der Waals surface area contributed by atoms with Gasteiger partial charge in [0.05, 0.1) is 0 Å². The van der Waals surface area contributed by atoms with Gasteiger partial charge in [-0.05, 0) is 102 Å². The zero-order valence-electron chi connectivity index (χ0n) is 26.7. The molecule has 8 heteroatoms. The molecule has 3 unspecified atom stereocenters. The van der Waals surface area contributed by atoms with E-state index < -0.39 is 23.8 Å². The van der Waals surface area contributed by atoms with Crippen LogP contribution in [0.15, 0.2) is 18.2 Å². The summed E-state index contributed by atoms with van der Waals surface area (Å²) in [5.41, 5.74) is 2.18. The van der Waals surface area contributed by atoms with E-state index in [2.05, 4.69) is 31.4 Å². The molecule has 1 aromatic rings. The van der Waals surface area contributed by atoms with Crippen molar-refractivity contribution in [1.82, 2.24) is 15.5 Å². The standard InChI is InChI=1S/C32H55N3O4S/c1-11-12-13-20-33-29(36)28(26-16-14-15-23(4)25(26)6)35(24(5)18-17-22(2)3)30(37)27(19-21-40-10)34-31(38)39-32(7,8)9/h14-16,22,24,27-28H,11-13,17-21H2,1-10H3,(H,33,36)(H,34,38). The first-order valence-corrected chi connectivity index (χ1v) is 16.3. The van der Waals surface area contributed by atoms with Crippen LogP contribution in [0.25, 0.3) is 0 Å². The van der Waals surface area contributed by atoms with Gasteiger partial charge in [0.15, 0.2) is 0 Å². The summed E-state index contributed by atoms with van der Waals surface area (Å²) < 4.78 is 5.51. The molecule has 0 radical (unpaired) electrons. The molecule has 3 atom stereocenters. The second-order valence-electron chi connectivity index (χ2n) is 12.2. The molecule has 7 nitrogen and oxygen atoms in total. The molecule has 228 valence electrons. The molecule has 0 heterocycles. The van der Waals surface area contributed by atoms with Crippen molar-refractivity contribution < 1.29 is 19.1 Å². The number of carbonyl (C=O) groups excluding carboxylic acids is 3. The molecular weight excluding hydrogens is 522 g/mol. The predicted molar refractivity (Wildman–Crippen MR) is 168 cm³/mol. The number of amides is 3. The van der Waals surface area contributed by atoms with E-state index in [9.17, 15) is 14.4 Å². The van der Waals surface area contributed by atoms with Gasteiger partial charge in [0.1, 0.15) is 17.7 Å². The lowest BCUT2D eigenvalue weighted by atomic mass is 9.92. The van der Waals surface area contributed by atoms with Crippen molar-refractivity contribution >= 4 is 29.7 Å². The highest BCUT2D eigenvalue weighted by atomic mass is 32.2. The Bertz CT molecular complexity index is 945. The number of thioether (sulfide) groups is 1. The molecule has 40 heavy (non-hydrogen) atoms. The number of benzene rings is 1.